The van der Waals surface area contributed by atoms with Gasteiger partial charge in [0.1, 0.15) is 0 Å². The third kappa shape index (κ3) is 5.39. The Morgan fingerprint density at radius 3 is 1.89 bits per heavy atom. The molecule has 1 aromatic heterocycles. The fraction of sp³-hybridized carbons (Fsp3) is 0.148. The molecule has 0 saturated heterocycles. The standard InChI is InChI=1S/C27H25ClN2O6S2/c1-4-36-27(31)24-17(2)30(21-11-15-22(16-12-21)37(3,32)33)26(19-5-9-20(28)10-6-19)25(24)18-7-13-23(14-8-18)38(29,34)35/h5-16H,4H2,1-3H3,(H2,29,34,35). The quantitative estimate of drug-likeness (QED) is 0.311. The third-order valence-corrected chi connectivity index (χ3v) is 8.31. The summed E-state index contributed by atoms with van der Waals surface area (Å²) in [5.41, 5.74) is 3.83. The Morgan fingerprint density at radius 1 is 0.868 bits per heavy atom. The van der Waals surface area contributed by atoms with Gasteiger partial charge in [-0.1, -0.05) is 35.9 Å². The molecule has 0 fully saturated rings. The molecule has 8 nitrogen and oxygen atoms in total. The van der Waals surface area contributed by atoms with Crippen molar-refractivity contribution in [3.8, 4) is 28.1 Å². The first kappa shape index (κ1) is 27.6. The van der Waals surface area contributed by atoms with Gasteiger partial charge in [-0.3, -0.25) is 0 Å². The Hall–Kier alpha value is -3.44. The van der Waals surface area contributed by atoms with Gasteiger partial charge in [0, 0.05) is 28.2 Å². The fourth-order valence-electron chi connectivity index (χ4n) is 4.28. The number of hydrogen-bond donors (Lipinski definition) is 1. The number of halogens is 1. The summed E-state index contributed by atoms with van der Waals surface area (Å²) in [5.74, 6) is -0.558. The first-order chi connectivity index (χ1) is 17.8. The molecule has 0 aliphatic heterocycles. The summed E-state index contributed by atoms with van der Waals surface area (Å²) >= 11 is 6.15. The average molecular weight is 573 g/mol. The van der Waals surface area contributed by atoms with Crippen molar-refractivity contribution in [3.05, 3.63) is 89.1 Å². The number of nitrogens with zero attached hydrogens (tertiary/aromatic N) is 1. The van der Waals surface area contributed by atoms with Crippen LogP contribution in [0.5, 0.6) is 0 Å². The van der Waals surface area contributed by atoms with Crippen molar-refractivity contribution in [2.45, 2.75) is 23.6 Å². The summed E-state index contributed by atoms with van der Waals surface area (Å²) < 4.78 is 55.0. The maximum atomic E-state index is 13.3. The smallest absolute Gasteiger partial charge is 0.340 e. The second-order valence-electron chi connectivity index (χ2n) is 8.58. The lowest BCUT2D eigenvalue weighted by Crippen LogP contribution is -2.11. The van der Waals surface area contributed by atoms with Gasteiger partial charge in [-0.15, -0.1) is 0 Å². The molecular formula is C27H25ClN2O6S2. The lowest BCUT2D eigenvalue weighted by molar-refractivity contribution is 0.0526. The Morgan fingerprint density at radius 2 is 1.39 bits per heavy atom. The molecule has 0 bridgehead atoms. The van der Waals surface area contributed by atoms with Gasteiger partial charge in [0.05, 0.1) is 27.7 Å². The van der Waals surface area contributed by atoms with E-state index in [1.807, 2.05) is 4.57 Å². The van der Waals surface area contributed by atoms with Crippen LogP contribution in [-0.2, 0) is 24.6 Å². The van der Waals surface area contributed by atoms with Gasteiger partial charge in [0.15, 0.2) is 9.84 Å². The van der Waals surface area contributed by atoms with Crippen LogP contribution in [0.15, 0.2) is 82.6 Å². The molecule has 0 spiro atoms. The minimum Gasteiger partial charge on any atom is -0.462 e. The molecule has 0 aliphatic rings. The molecule has 0 amide bonds. The van der Waals surface area contributed by atoms with E-state index in [2.05, 4.69) is 0 Å². The zero-order valence-electron chi connectivity index (χ0n) is 20.8. The number of ether oxygens (including phenoxy) is 1. The lowest BCUT2D eigenvalue weighted by atomic mass is 9.97. The summed E-state index contributed by atoms with van der Waals surface area (Å²) in [4.78, 5) is 13.4. The Kier molecular flexibility index (Phi) is 7.53. The predicted octanol–water partition coefficient (Wildman–Crippen LogP) is 5.00. The highest BCUT2D eigenvalue weighted by atomic mass is 35.5. The zero-order valence-corrected chi connectivity index (χ0v) is 23.2. The van der Waals surface area contributed by atoms with Gasteiger partial charge in [0.25, 0.3) is 0 Å². The second-order valence-corrected chi connectivity index (χ2v) is 12.6. The molecule has 0 saturated carbocycles. The normalized spacial score (nSPS) is 11.9. The molecule has 38 heavy (non-hydrogen) atoms. The number of carbonyl (C=O) groups is 1. The molecule has 0 unspecified atom stereocenters. The van der Waals surface area contributed by atoms with Crippen LogP contribution in [0, 0.1) is 6.92 Å². The summed E-state index contributed by atoms with van der Waals surface area (Å²) in [6.45, 7) is 3.61. The van der Waals surface area contributed by atoms with Crippen LogP contribution >= 0.6 is 11.6 Å². The van der Waals surface area contributed by atoms with Crippen molar-refractivity contribution in [1.82, 2.24) is 4.57 Å². The van der Waals surface area contributed by atoms with E-state index in [0.29, 0.717) is 38.8 Å². The molecule has 0 radical (unpaired) electrons. The molecule has 4 aromatic rings. The van der Waals surface area contributed by atoms with Crippen molar-refractivity contribution in [1.29, 1.82) is 0 Å². The molecule has 198 valence electrons. The highest BCUT2D eigenvalue weighted by Crippen LogP contribution is 2.42. The SMILES string of the molecule is CCOC(=O)c1c(-c2ccc(S(N)(=O)=O)cc2)c(-c2ccc(Cl)cc2)n(-c2ccc(S(C)(=O)=O)cc2)c1C. The average Bonchev–Trinajstić information content (AvgIpc) is 3.16. The number of sulfonamides is 1. The first-order valence-corrected chi connectivity index (χ1v) is 15.3. The molecule has 0 atom stereocenters. The van der Waals surface area contributed by atoms with Crippen LogP contribution in [0.1, 0.15) is 23.0 Å². The van der Waals surface area contributed by atoms with Crippen molar-refractivity contribution in [2.24, 2.45) is 5.14 Å². The van der Waals surface area contributed by atoms with E-state index in [1.54, 1.807) is 62.4 Å². The van der Waals surface area contributed by atoms with Gasteiger partial charge >= 0.3 is 5.97 Å². The number of sulfone groups is 1. The van der Waals surface area contributed by atoms with Crippen molar-refractivity contribution >= 4 is 37.4 Å². The van der Waals surface area contributed by atoms with Crippen LogP contribution in [0.4, 0.5) is 0 Å². The molecule has 4 rings (SSSR count). The zero-order chi connectivity index (χ0) is 27.8. The number of hydrogen-bond acceptors (Lipinski definition) is 6. The summed E-state index contributed by atoms with van der Waals surface area (Å²) in [6, 6.07) is 19.3. The Bertz CT molecular complexity index is 1730. The number of esters is 1. The van der Waals surface area contributed by atoms with Crippen LogP contribution in [0.25, 0.3) is 28.1 Å². The van der Waals surface area contributed by atoms with E-state index in [9.17, 15) is 21.6 Å². The van der Waals surface area contributed by atoms with Gasteiger partial charge in [0.2, 0.25) is 10.0 Å². The largest absolute Gasteiger partial charge is 0.462 e. The van der Waals surface area contributed by atoms with Crippen molar-refractivity contribution in [3.63, 3.8) is 0 Å². The molecule has 3 aromatic carbocycles. The number of rotatable bonds is 7. The summed E-state index contributed by atoms with van der Waals surface area (Å²) in [7, 11) is -7.35. The maximum absolute atomic E-state index is 13.3. The highest BCUT2D eigenvalue weighted by molar-refractivity contribution is 7.90. The molecular weight excluding hydrogens is 548 g/mol. The van der Waals surface area contributed by atoms with Crippen LogP contribution in [0.2, 0.25) is 5.02 Å². The Balaban J connectivity index is 2.10. The first-order valence-electron chi connectivity index (χ1n) is 11.4. The Labute approximate surface area is 226 Å². The number of benzene rings is 3. The number of carbonyl (C=O) groups excluding carboxylic acids is 1. The number of primary sulfonamides is 1. The summed E-state index contributed by atoms with van der Waals surface area (Å²) in [5, 5.41) is 5.80. The predicted molar refractivity (Wildman–Crippen MR) is 147 cm³/mol. The topological polar surface area (TPSA) is 126 Å². The monoisotopic (exact) mass is 572 g/mol. The van der Waals surface area contributed by atoms with Gasteiger partial charge in [-0.2, -0.15) is 0 Å². The molecule has 11 heteroatoms. The van der Waals surface area contributed by atoms with Crippen molar-refractivity contribution in [2.75, 3.05) is 12.9 Å². The van der Waals surface area contributed by atoms with E-state index in [0.717, 1.165) is 6.26 Å². The summed E-state index contributed by atoms with van der Waals surface area (Å²) in [6.07, 6.45) is 1.13. The highest BCUT2D eigenvalue weighted by Gasteiger charge is 2.29. The molecule has 0 aliphatic carbocycles. The molecule has 1 heterocycles. The van der Waals surface area contributed by atoms with Crippen molar-refractivity contribution < 1.29 is 26.4 Å². The third-order valence-electron chi connectivity index (χ3n) is 6.00. The minimum atomic E-state index is -3.93. The maximum Gasteiger partial charge on any atom is 0.340 e. The van der Waals surface area contributed by atoms with E-state index in [-0.39, 0.29) is 22.0 Å². The van der Waals surface area contributed by atoms with E-state index < -0.39 is 25.8 Å². The van der Waals surface area contributed by atoms with Gasteiger partial charge < -0.3 is 9.30 Å². The lowest BCUT2D eigenvalue weighted by Gasteiger charge is -2.15. The molecule has 2 N–H and O–H groups in total. The van der Waals surface area contributed by atoms with Crippen LogP contribution < -0.4 is 5.14 Å². The number of nitrogens with two attached hydrogens (primary N) is 1. The van der Waals surface area contributed by atoms with Crippen LogP contribution in [-0.4, -0.2) is 40.2 Å². The minimum absolute atomic E-state index is 0.0699. The van der Waals surface area contributed by atoms with Gasteiger partial charge in [-0.05, 0) is 73.5 Å². The van der Waals surface area contributed by atoms with Crippen LogP contribution in [0.3, 0.4) is 0 Å². The van der Waals surface area contributed by atoms with E-state index >= 15 is 0 Å². The number of aromatic nitrogens is 1. The second kappa shape index (κ2) is 10.4. The van der Waals surface area contributed by atoms with E-state index in [4.69, 9.17) is 21.5 Å². The van der Waals surface area contributed by atoms with Gasteiger partial charge in [-0.25, -0.2) is 26.8 Å². The van der Waals surface area contributed by atoms with E-state index in [1.165, 1.54) is 24.3 Å². The fourth-order valence-corrected chi connectivity index (χ4v) is 5.55.